The number of hydrogen-bond donors (Lipinski definition) is 3. The van der Waals surface area contributed by atoms with Gasteiger partial charge in [0.15, 0.2) is 5.82 Å². The van der Waals surface area contributed by atoms with Crippen LogP contribution in [0.3, 0.4) is 0 Å². The van der Waals surface area contributed by atoms with E-state index in [1.165, 1.54) is 0 Å². The molecule has 0 radical (unpaired) electrons. The molecular formula is C25H29N7O3. The van der Waals surface area contributed by atoms with Gasteiger partial charge in [-0.2, -0.15) is 10.1 Å². The highest BCUT2D eigenvalue weighted by atomic mass is 16.5. The standard InChI is InChI=1S/C25H29N7O3/c1-32(2)16-17-7-5-8-18(15-17)23-28-22(35-31-23)12-11-21(33)26-13-6-14-27-24-19-9-3-4-10-20(19)25(34)30-29-24/h3-5,7-10,15H,6,11-14,16H2,1-2H3,(H,26,33)(H,27,29)(H,30,34). The molecule has 0 saturated carbocycles. The van der Waals surface area contributed by atoms with Crippen LogP contribution in [0.1, 0.15) is 24.3 Å². The van der Waals surface area contributed by atoms with Crippen molar-refractivity contribution in [1.29, 1.82) is 0 Å². The number of hydrogen-bond acceptors (Lipinski definition) is 8. The van der Waals surface area contributed by atoms with Crippen LogP contribution in [-0.2, 0) is 17.8 Å². The molecule has 4 rings (SSSR count). The number of aromatic nitrogens is 4. The molecule has 0 unspecified atom stereocenters. The molecule has 2 heterocycles. The molecule has 0 bridgehead atoms. The highest BCUT2D eigenvalue weighted by molar-refractivity contribution is 5.90. The number of aromatic amines is 1. The van der Waals surface area contributed by atoms with Crippen molar-refractivity contribution in [3.63, 3.8) is 0 Å². The van der Waals surface area contributed by atoms with Crippen LogP contribution in [0.4, 0.5) is 5.82 Å². The van der Waals surface area contributed by atoms with E-state index in [0.29, 0.717) is 48.9 Å². The predicted octanol–water partition coefficient (Wildman–Crippen LogP) is 2.59. The van der Waals surface area contributed by atoms with Gasteiger partial charge in [0.05, 0.1) is 5.39 Å². The first kappa shape index (κ1) is 24.1. The molecule has 4 aromatic rings. The third-order valence-corrected chi connectivity index (χ3v) is 5.38. The number of aryl methyl sites for hydroxylation is 1. The monoisotopic (exact) mass is 475 g/mol. The highest BCUT2D eigenvalue weighted by Crippen LogP contribution is 2.19. The van der Waals surface area contributed by atoms with Crippen molar-refractivity contribution < 1.29 is 9.32 Å². The van der Waals surface area contributed by atoms with Gasteiger partial charge in [-0.05, 0) is 38.2 Å². The molecule has 10 heteroatoms. The molecule has 10 nitrogen and oxygen atoms in total. The second kappa shape index (κ2) is 11.4. The van der Waals surface area contributed by atoms with Crippen LogP contribution in [-0.4, -0.2) is 58.3 Å². The summed E-state index contributed by atoms with van der Waals surface area (Å²) in [6.07, 6.45) is 1.35. The molecule has 35 heavy (non-hydrogen) atoms. The Hall–Kier alpha value is -4.05. The predicted molar refractivity (Wildman–Crippen MR) is 134 cm³/mol. The lowest BCUT2D eigenvalue weighted by atomic mass is 10.1. The molecule has 0 aliphatic rings. The zero-order valence-electron chi connectivity index (χ0n) is 19.9. The van der Waals surface area contributed by atoms with Crippen molar-refractivity contribution in [3.8, 4) is 11.4 Å². The van der Waals surface area contributed by atoms with Crippen molar-refractivity contribution in [2.45, 2.75) is 25.8 Å². The average molecular weight is 476 g/mol. The summed E-state index contributed by atoms with van der Waals surface area (Å²) in [6.45, 7) is 1.94. The molecule has 0 fully saturated rings. The largest absolute Gasteiger partial charge is 0.368 e. The number of amides is 1. The second-order valence-corrected chi connectivity index (χ2v) is 8.53. The molecule has 0 aliphatic carbocycles. The average Bonchev–Trinajstić information content (AvgIpc) is 3.33. The molecular weight excluding hydrogens is 446 g/mol. The van der Waals surface area contributed by atoms with E-state index < -0.39 is 0 Å². The Balaban J connectivity index is 1.19. The molecule has 3 N–H and O–H groups in total. The van der Waals surface area contributed by atoms with Gasteiger partial charge in [0, 0.05) is 43.4 Å². The number of carbonyl (C=O) groups is 1. The van der Waals surface area contributed by atoms with Crippen LogP contribution in [0, 0.1) is 0 Å². The molecule has 182 valence electrons. The Morgan fingerprint density at radius 1 is 1.09 bits per heavy atom. The Kier molecular flexibility index (Phi) is 7.84. The Morgan fingerprint density at radius 2 is 1.91 bits per heavy atom. The second-order valence-electron chi connectivity index (χ2n) is 8.53. The molecule has 0 saturated heterocycles. The minimum absolute atomic E-state index is 0.0784. The number of H-pyrrole nitrogens is 1. The van der Waals surface area contributed by atoms with Gasteiger partial charge in [-0.1, -0.05) is 41.6 Å². The Bertz CT molecular complexity index is 1350. The van der Waals surface area contributed by atoms with E-state index in [9.17, 15) is 9.59 Å². The SMILES string of the molecule is CN(C)Cc1cccc(-c2noc(CCC(=O)NCCCNc3n[nH]c(=O)c4ccccc34)n2)c1. The smallest absolute Gasteiger partial charge is 0.272 e. The van der Waals surface area contributed by atoms with Crippen LogP contribution < -0.4 is 16.2 Å². The minimum atomic E-state index is -0.218. The van der Waals surface area contributed by atoms with Crippen LogP contribution in [0.2, 0.25) is 0 Å². The topological polar surface area (TPSA) is 129 Å². The van der Waals surface area contributed by atoms with Crippen molar-refractivity contribution in [2.75, 3.05) is 32.5 Å². The third-order valence-electron chi connectivity index (χ3n) is 5.38. The first-order valence-corrected chi connectivity index (χ1v) is 11.5. The molecule has 0 atom stereocenters. The lowest BCUT2D eigenvalue weighted by molar-refractivity contribution is -0.121. The maximum absolute atomic E-state index is 12.2. The lowest BCUT2D eigenvalue weighted by Crippen LogP contribution is -2.26. The Labute approximate surface area is 202 Å². The Morgan fingerprint density at radius 3 is 2.74 bits per heavy atom. The van der Waals surface area contributed by atoms with E-state index in [1.54, 1.807) is 6.07 Å². The van der Waals surface area contributed by atoms with Crippen LogP contribution in [0.15, 0.2) is 57.8 Å². The van der Waals surface area contributed by atoms with E-state index in [4.69, 9.17) is 4.52 Å². The quantitative estimate of drug-likeness (QED) is 0.282. The molecule has 1 amide bonds. The van der Waals surface area contributed by atoms with Crippen LogP contribution in [0.25, 0.3) is 22.2 Å². The highest BCUT2D eigenvalue weighted by Gasteiger charge is 2.11. The van der Waals surface area contributed by atoms with Crippen LogP contribution >= 0.6 is 0 Å². The van der Waals surface area contributed by atoms with E-state index in [0.717, 1.165) is 23.1 Å². The summed E-state index contributed by atoms with van der Waals surface area (Å²) in [5, 5.41) is 18.1. The normalized spacial score (nSPS) is 11.2. The number of fused-ring (bicyclic) bond motifs is 1. The summed E-state index contributed by atoms with van der Waals surface area (Å²) in [5.74, 6) is 1.50. The number of nitrogens with zero attached hydrogens (tertiary/aromatic N) is 4. The molecule has 2 aromatic heterocycles. The van der Waals surface area contributed by atoms with E-state index >= 15 is 0 Å². The fourth-order valence-electron chi connectivity index (χ4n) is 3.73. The summed E-state index contributed by atoms with van der Waals surface area (Å²) < 4.78 is 5.33. The van der Waals surface area contributed by atoms with E-state index in [2.05, 4.69) is 41.9 Å². The van der Waals surface area contributed by atoms with Gasteiger partial charge < -0.3 is 20.1 Å². The number of benzene rings is 2. The van der Waals surface area contributed by atoms with Gasteiger partial charge in [-0.25, -0.2) is 5.10 Å². The summed E-state index contributed by atoms with van der Waals surface area (Å²) >= 11 is 0. The van der Waals surface area contributed by atoms with Gasteiger partial charge in [-0.3, -0.25) is 9.59 Å². The van der Waals surface area contributed by atoms with Crippen molar-refractivity contribution in [2.24, 2.45) is 0 Å². The van der Waals surface area contributed by atoms with Gasteiger partial charge in [0.25, 0.3) is 5.56 Å². The van der Waals surface area contributed by atoms with Gasteiger partial charge in [-0.15, -0.1) is 0 Å². The van der Waals surface area contributed by atoms with Crippen molar-refractivity contribution in [1.82, 2.24) is 30.6 Å². The summed E-state index contributed by atoms with van der Waals surface area (Å²) in [5.41, 5.74) is 1.84. The zero-order chi connectivity index (χ0) is 24.6. The first-order valence-electron chi connectivity index (χ1n) is 11.5. The molecule has 0 spiro atoms. The van der Waals surface area contributed by atoms with Crippen molar-refractivity contribution >= 4 is 22.5 Å². The van der Waals surface area contributed by atoms with Crippen LogP contribution in [0.5, 0.6) is 0 Å². The van der Waals surface area contributed by atoms with Gasteiger partial charge >= 0.3 is 0 Å². The first-order chi connectivity index (χ1) is 17.0. The summed E-state index contributed by atoms with van der Waals surface area (Å²) in [6, 6.07) is 15.3. The van der Waals surface area contributed by atoms with Gasteiger partial charge in [0.1, 0.15) is 0 Å². The van der Waals surface area contributed by atoms with Gasteiger partial charge in [0.2, 0.25) is 17.6 Å². The summed E-state index contributed by atoms with van der Waals surface area (Å²) in [4.78, 5) is 30.6. The summed E-state index contributed by atoms with van der Waals surface area (Å²) in [7, 11) is 4.04. The fourth-order valence-corrected chi connectivity index (χ4v) is 3.73. The number of rotatable bonds is 11. The maximum atomic E-state index is 12.2. The number of carbonyl (C=O) groups excluding carboxylic acids is 1. The maximum Gasteiger partial charge on any atom is 0.272 e. The molecule has 0 aliphatic heterocycles. The van der Waals surface area contributed by atoms with Crippen molar-refractivity contribution in [3.05, 3.63) is 70.3 Å². The number of anilines is 1. The van der Waals surface area contributed by atoms with E-state index in [-0.39, 0.29) is 17.9 Å². The van der Waals surface area contributed by atoms with E-state index in [1.807, 2.05) is 50.5 Å². The third kappa shape index (κ3) is 6.51. The fraction of sp³-hybridized carbons (Fsp3) is 0.320. The molecule has 2 aromatic carbocycles. The number of nitrogens with one attached hydrogen (secondary N) is 3. The minimum Gasteiger partial charge on any atom is -0.368 e. The lowest BCUT2D eigenvalue weighted by Gasteiger charge is -2.09. The zero-order valence-corrected chi connectivity index (χ0v) is 19.9.